The molecule has 9 rings (SSSR count). The number of para-hydroxylation sites is 1. The molecule has 0 saturated carbocycles. The molecule has 0 amide bonds. The number of rotatable bonds is 8. The van der Waals surface area contributed by atoms with Gasteiger partial charge in [-0.25, -0.2) is 15.0 Å². The van der Waals surface area contributed by atoms with Gasteiger partial charge in [-0.1, -0.05) is 145 Å². The van der Waals surface area contributed by atoms with E-state index in [2.05, 4.69) is 174 Å². The normalized spacial score (nSPS) is 11.9. The van der Waals surface area contributed by atoms with Gasteiger partial charge >= 0.3 is 0 Å². The van der Waals surface area contributed by atoms with Gasteiger partial charge in [-0.3, -0.25) is 4.57 Å². The summed E-state index contributed by atoms with van der Waals surface area (Å²) in [6.07, 6.45) is 1.87. The summed E-state index contributed by atoms with van der Waals surface area (Å²) < 4.78 is 9.15. The van der Waals surface area contributed by atoms with Crippen LogP contribution in [0.15, 0.2) is 144 Å². The van der Waals surface area contributed by atoms with Crippen LogP contribution in [0.1, 0.15) is 76.1 Å². The highest BCUT2D eigenvalue weighted by molar-refractivity contribution is 6.10. The van der Waals surface area contributed by atoms with Crippen LogP contribution in [0.4, 0.5) is 0 Å². The number of aromatic nitrogens is 4. The molecule has 0 aliphatic rings. The molecule has 0 aliphatic heterocycles. The smallest absolute Gasteiger partial charge is 0.198 e. The van der Waals surface area contributed by atoms with Gasteiger partial charge in [-0.05, 0) is 92.6 Å². The molecule has 270 valence electrons. The number of nitrogens with zero attached hydrogens (tertiary/aromatic N) is 4. The van der Waals surface area contributed by atoms with Crippen molar-refractivity contribution < 1.29 is 4.42 Å². The molecule has 0 N–H and O–H groups in total. The van der Waals surface area contributed by atoms with E-state index in [4.69, 9.17) is 19.4 Å². The van der Waals surface area contributed by atoms with Crippen molar-refractivity contribution in [1.29, 1.82) is 0 Å². The fourth-order valence-electron chi connectivity index (χ4n) is 7.79. The minimum absolute atomic E-state index is 0.209. The summed E-state index contributed by atoms with van der Waals surface area (Å²) in [5.41, 5.74) is 15.5. The summed E-state index contributed by atoms with van der Waals surface area (Å²) in [4.78, 5) is 15.5. The van der Waals surface area contributed by atoms with Crippen LogP contribution in [0, 0.1) is 0 Å². The van der Waals surface area contributed by atoms with Gasteiger partial charge in [-0.15, -0.1) is 0 Å². The average molecular weight is 717 g/mol. The van der Waals surface area contributed by atoms with E-state index < -0.39 is 0 Å². The van der Waals surface area contributed by atoms with E-state index in [0.29, 0.717) is 5.65 Å². The Morgan fingerprint density at radius 2 is 1.09 bits per heavy atom. The van der Waals surface area contributed by atoms with E-state index in [1.54, 1.807) is 0 Å². The maximum absolute atomic E-state index is 6.88. The van der Waals surface area contributed by atoms with E-state index in [1.807, 2.05) is 12.3 Å². The van der Waals surface area contributed by atoms with Crippen molar-refractivity contribution in [2.45, 2.75) is 59.3 Å². The fraction of sp³-hybridized carbons (Fsp3) is 0.180. The monoisotopic (exact) mass is 716 g/mol. The predicted octanol–water partition coefficient (Wildman–Crippen LogP) is 13.8. The zero-order valence-corrected chi connectivity index (χ0v) is 32.2. The molecule has 6 aromatic carbocycles. The molecule has 0 spiro atoms. The lowest BCUT2D eigenvalue weighted by atomic mass is 9.88. The fourth-order valence-corrected chi connectivity index (χ4v) is 7.79. The maximum atomic E-state index is 6.88. The third-order valence-corrected chi connectivity index (χ3v) is 10.8. The first-order valence-corrected chi connectivity index (χ1v) is 19.4. The third-order valence-electron chi connectivity index (χ3n) is 10.8. The zero-order chi connectivity index (χ0) is 37.8. The van der Waals surface area contributed by atoms with Crippen molar-refractivity contribution in [1.82, 2.24) is 19.5 Å². The minimum Gasteiger partial charge on any atom is -0.455 e. The predicted molar refractivity (Wildman–Crippen MR) is 228 cm³/mol. The molecule has 0 saturated heterocycles. The second-order valence-electron chi connectivity index (χ2n) is 15.5. The molecular formula is C50H44N4O. The van der Waals surface area contributed by atoms with Gasteiger partial charge in [-0.2, -0.15) is 0 Å². The van der Waals surface area contributed by atoms with Gasteiger partial charge in [0.15, 0.2) is 17.1 Å². The summed E-state index contributed by atoms with van der Waals surface area (Å²) in [7, 11) is 0. The van der Waals surface area contributed by atoms with Crippen LogP contribution in [0.3, 0.4) is 0 Å². The summed E-state index contributed by atoms with van der Waals surface area (Å²) in [5.74, 6) is 1.43. The second-order valence-corrected chi connectivity index (χ2v) is 15.5. The molecule has 0 aliphatic carbocycles. The first-order valence-electron chi connectivity index (χ1n) is 19.4. The van der Waals surface area contributed by atoms with Crippen LogP contribution in [0.5, 0.6) is 0 Å². The minimum atomic E-state index is 0.209. The van der Waals surface area contributed by atoms with Gasteiger partial charge < -0.3 is 4.42 Å². The summed E-state index contributed by atoms with van der Waals surface area (Å²) in [6.45, 7) is 13.4. The Balaban J connectivity index is 1.26. The largest absolute Gasteiger partial charge is 0.455 e. The van der Waals surface area contributed by atoms with Crippen LogP contribution in [0.25, 0.3) is 83.7 Å². The average Bonchev–Trinajstić information content (AvgIpc) is 3.79. The van der Waals surface area contributed by atoms with Crippen molar-refractivity contribution in [2.75, 3.05) is 0 Å². The van der Waals surface area contributed by atoms with Crippen molar-refractivity contribution in [3.05, 3.63) is 156 Å². The molecule has 0 unspecified atom stereocenters. The van der Waals surface area contributed by atoms with E-state index in [1.165, 1.54) is 33.4 Å². The van der Waals surface area contributed by atoms with Gasteiger partial charge in [0.1, 0.15) is 11.2 Å². The molecule has 3 heterocycles. The Morgan fingerprint density at radius 3 is 1.71 bits per heavy atom. The van der Waals surface area contributed by atoms with Crippen LogP contribution >= 0.6 is 0 Å². The highest BCUT2D eigenvalue weighted by Crippen LogP contribution is 2.43. The topological polar surface area (TPSA) is 56.7 Å². The van der Waals surface area contributed by atoms with Crippen LogP contribution < -0.4 is 0 Å². The standard InChI is InChI=1S/C50H44N4O/c1-30(2)42-26-38(34-16-11-8-12-17-34)27-43(31(3)4)46(42)54-49(53-48-50(54)52-44(29-51-48)32(5)6)41-19-13-18-40-39-25-24-37(28-45(39)55-47(40)41)36-22-20-35(21-23-36)33-14-9-7-10-15-33/h7-32H,1-6H3. The number of hydrogen-bond donors (Lipinski definition) is 0. The molecule has 0 radical (unpaired) electrons. The Bertz CT molecular complexity index is 2800. The number of furan rings is 1. The lowest BCUT2D eigenvalue weighted by Crippen LogP contribution is -2.10. The summed E-state index contributed by atoms with van der Waals surface area (Å²) >= 11 is 0. The van der Waals surface area contributed by atoms with E-state index in [-0.39, 0.29) is 17.8 Å². The van der Waals surface area contributed by atoms with Crippen LogP contribution in [-0.4, -0.2) is 19.5 Å². The number of benzene rings is 6. The van der Waals surface area contributed by atoms with Crippen molar-refractivity contribution in [3.63, 3.8) is 0 Å². The maximum Gasteiger partial charge on any atom is 0.198 e. The first-order chi connectivity index (χ1) is 26.7. The lowest BCUT2D eigenvalue weighted by molar-refractivity contribution is 0.669. The lowest BCUT2D eigenvalue weighted by Gasteiger charge is -2.24. The molecule has 9 aromatic rings. The van der Waals surface area contributed by atoms with Crippen molar-refractivity contribution >= 4 is 33.2 Å². The third kappa shape index (κ3) is 6.10. The first kappa shape index (κ1) is 34.4. The number of hydrogen-bond acceptors (Lipinski definition) is 4. The van der Waals surface area contributed by atoms with Gasteiger partial charge in [0.2, 0.25) is 0 Å². The zero-order valence-electron chi connectivity index (χ0n) is 32.2. The SMILES string of the molecule is CC(C)c1cnc2nc(-c3cccc4c3oc3cc(-c5ccc(-c6ccccc6)cc5)ccc34)n(-c3c(C(C)C)cc(-c4ccccc4)cc3C(C)C)c2n1. The summed E-state index contributed by atoms with van der Waals surface area (Å²) in [5, 5.41) is 2.12. The molecule has 0 bridgehead atoms. The van der Waals surface area contributed by atoms with E-state index >= 15 is 0 Å². The Labute approximate surface area is 322 Å². The van der Waals surface area contributed by atoms with E-state index in [9.17, 15) is 0 Å². The number of imidazole rings is 1. The van der Waals surface area contributed by atoms with Gasteiger partial charge in [0.25, 0.3) is 0 Å². The Morgan fingerprint density at radius 1 is 0.509 bits per heavy atom. The molecule has 5 nitrogen and oxygen atoms in total. The van der Waals surface area contributed by atoms with Gasteiger partial charge in [0, 0.05) is 10.8 Å². The molecular weight excluding hydrogens is 673 g/mol. The van der Waals surface area contributed by atoms with Crippen LogP contribution in [0.2, 0.25) is 0 Å². The highest BCUT2D eigenvalue weighted by Gasteiger charge is 2.27. The molecule has 0 atom stereocenters. The molecule has 55 heavy (non-hydrogen) atoms. The Hall–Kier alpha value is -6.33. The number of fused-ring (bicyclic) bond motifs is 4. The molecule has 5 heteroatoms. The Kier molecular flexibility index (Phi) is 8.65. The van der Waals surface area contributed by atoms with Gasteiger partial charge in [0.05, 0.1) is 23.1 Å². The molecule has 0 fully saturated rings. The molecule has 3 aromatic heterocycles. The van der Waals surface area contributed by atoms with E-state index in [0.717, 1.165) is 61.5 Å². The quantitative estimate of drug-likeness (QED) is 0.157. The summed E-state index contributed by atoms with van der Waals surface area (Å²) in [6, 6.07) is 47.5. The van der Waals surface area contributed by atoms with Crippen LogP contribution in [-0.2, 0) is 0 Å². The highest BCUT2D eigenvalue weighted by atomic mass is 16.3. The van der Waals surface area contributed by atoms with Crippen molar-refractivity contribution in [2.24, 2.45) is 0 Å². The second kappa shape index (κ2) is 13.8. The van der Waals surface area contributed by atoms with Crippen molar-refractivity contribution in [3.8, 4) is 50.5 Å².